The Hall–Kier alpha value is -1.17. The van der Waals surface area contributed by atoms with E-state index in [1.807, 2.05) is 18.2 Å². The Morgan fingerprint density at radius 2 is 1.90 bits per heavy atom. The summed E-state index contributed by atoms with van der Waals surface area (Å²) in [5.74, 6) is 0.366. The summed E-state index contributed by atoms with van der Waals surface area (Å²) in [6.45, 7) is 4.49. The molecule has 116 valence electrons. The number of ether oxygens (including phenoxy) is 3. The van der Waals surface area contributed by atoms with Gasteiger partial charge in [0.2, 0.25) is 5.88 Å². The van der Waals surface area contributed by atoms with E-state index in [4.69, 9.17) is 14.2 Å². The molecule has 1 N–H and O–H groups in total. The summed E-state index contributed by atoms with van der Waals surface area (Å²) in [4.78, 5) is 4.44. The second kappa shape index (κ2) is 5.91. The molecule has 2 fully saturated rings. The third kappa shape index (κ3) is 3.36. The molecule has 0 radical (unpaired) electrons. The van der Waals surface area contributed by atoms with E-state index in [1.54, 1.807) is 7.11 Å². The van der Waals surface area contributed by atoms with Crippen molar-refractivity contribution in [2.75, 3.05) is 20.3 Å². The number of methoxy groups -OCH3 is 1. The molecule has 0 aromatic carbocycles. The number of hydrogen-bond acceptors (Lipinski definition) is 5. The lowest BCUT2D eigenvalue weighted by atomic mass is 9.80. The van der Waals surface area contributed by atoms with Crippen LogP contribution in [0.5, 0.6) is 5.88 Å². The van der Waals surface area contributed by atoms with Crippen LogP contribution in [0.4, 0.5) is 0 Å². The molecule has 1 saturated carbocycles. The monoisotopic (exact) mass is 292 g/mol. The van der Waals surface area contributed by atoms with Crippen molar-refractivity contribution in [3.63, 3.8) is 0 Å². The van der Waals surface area contributed by atoms with Gasteiger partial charge >= 0.3 is 0 Å². The number of nitrogens with one attached hydrogen (secondary N) is 1. The van der Waals surface area contributed by atoms with E-state index in [1.165, 1.54) is 0 Å². The van der Waals surface area contributed by atoms with Crippen LogP contribution in [0, 0.1) is 0 Å². The Labute approximate surface area is 126 Å². The lowest BCUT2D eigenvalue weighted by molar-refractivity contribution is -0.185. The van der Waals surface area contributed by atoms with E-state index >= 15 is 0 Å². The van der Waals surface area contributed by atoms with Crippen LogP contribution < -0.4 is 10.1 Å². The van der Waals surface area contributed by atoms with Gasteiger partial charge in [0.05, 0.1) is 26.0 Å². The van der Waals surface area contributed by atoms with Gasteiger partial charge in [-0.05, 0) is 25.8 Å². The maximum atomic E-state index is 5.79. The van der Waals surface area contributed by atoms with Crippen molar-refractivity contribution in [2.24, 2.45) is 0 Å². The molecule has 1 aromatic heterocycles. The molecule has 2 aliphatic rings. The van der Waals surface area contributed by atoms with E-state index in [2.05, 4.69) is 17.2 Å². The number of pyridine rings is 1. The summed E-state index contributed by atoms with van der Waals surface area (Å²) in [5, 5.41) is 3.64. The third-order valence-corrected chi connectivity index (χ3v) is 4.62. The number of hydrogen-bond donors (Lipinski definition) is 1. The Morgan fingerprint density at radius 3 is 2.57 bits per heavy atom. The average Bonchev–Trinajstić information content (AvgIpc) is 2.98. The van der Waals surface area contributed by atoms with Gasteiger partial charge in [-0.15, -0.1) is 0 Å². The molecule has 1 aromatic rings. The topological polar surface area (TPSA) is 52.6 Å². The molecule has 1 aliphatic heterocycles. The van der Waals surface area contributed by atoms with Crippen molar-refractivity contribution < 1.29 is 14.2 Å². The van der Waals surface area contributed by atoms with E-state index in [9.17, 15) is 0 Å². The van der Waals surface area contributed by atoms with Crippen LogP contribution in [0.2, 0.25) is 0 Å². The number of aromatic nitrogens is 1. The zero-order chi connectivity index (χ0) is 14.8. The van der Waals surface area contributed by atoms with Gasteiger partial charge in [-0.3, -0.25) is 0 Å². The minimum absolute atomic E-state index is 0.116. The fraction of sp³-hybridized carbons (Fsp3) is 0.688. The molecule has 2 heterocycles. The molecule has 1 saturated heterocycles. The van der Waals surface area contributed by atoms with Crippen LogP contribution in [0.1, 0.15) is 38.3 Å². The summed E-state index contributed by atoms with van der Waals surface area (Å²) in [6.07, 6.45) is 4.03. The normalized spacial score (nSPS) is 23.3. The fourth-order valence-electron chi connectivity index (χ4n) is 3.12. The molecule has 21 heavy (non-hydrogen) atoms. The first-order valence-electron chi connectivity index (χ1n) is 7.66. The van der Waals surface area contributed by atoms with Gasteiger partial charge in [-0.2, -0.15) is 0 Å². The maximum absolute atomic E-state index is 5.79. The highest BCUT2D eigenvalue weighted by Crippen LogP contribution is 2.40. The Bertz CT molecular complexity index is 476. The molecule has 5 heteroatoms. The maximum Gasteiger partial charge on any atom is 0.213 e. The van der Waals surface area contributed by atoms with Crippen LogP contribution in [0.3, 0.4) is 0 Å². The van der Waals surface area contributed by atoms with Gasteiger partial charge in [-0.25, -0.2) is 4.98 Å². The molecule has 0 atom stereocenters. The molecule has 0 amide bonds. The first-order chi connectivity index (χ1) is 10.1. The van der Waals surface area contributed by atoms with Crippen LogP contribution in [-0.4, -0.2) is 36.6 Å². The van der Waals surface area contributed by atoms with Gasteiger partial charge < -0.3 is 19.5 Å². The minimum Gasteiger partial charge on any atom is -0.481 e. The second-order valence-electron chi connectivity index (χ2n) is 6.19. The highest BCUT2D eigenvalue weighted by atomic mass is 16.7. The summed E-state index contributed by atoms with van der Waals surface area (Å²) >= 11 is 0. The largest absolute Gasteiger partial charge is 0.481 e. The van der Waals surface area contributed by atoms with E-state index < -0.39 is 0 Å². The lowest BCUT2D eigenvalue weighted by Crippen LogP contribution is -2.49. The predicted octanol–water partition coefficient (Wildman–Crippen LogP) is 2.26. The highest BCUT2D eigenvalue weighted by molar-refractivity contribution is 5.15. The van der Waals surface area contributed by atoms with Crippen molar-refractivity contribution >= 4 is 0 Å². The summed E-state index contributed by atoms with van der Waals surface area (Å²) in [7, 11) is 1.64. The van der Waals surface area contributed by atoms with Crippen molar-refractivity contribution in [3.05, 3.63) is 23.9 Å². The Balaban J connectivity index is 1.55. The first kappa shape index (κ1) is 14.8. The van der Waals surface area contributed by atoms with Gasteiger partial charge in [0.1, 0.15) is 0 Å². The summed E-state index contributed by atoms with van der Waals surface area (Å²) in [6, 6.07) is 5.86. The molecule has 0 unspecified atom stereocenters. The van der Waals surface area contributed by atoms with Crippen molar-refractivity contribution in [1.82, 2.24) is 10.3 Å². The second-order valence-corrected chi connectivity index (χ2v) is 6.19. The Morgan fingerprint density at radius 1 is 1.19 bits per heavy atom. The van der Waals surface area contributed by atoms with Crippen molar-refractivity contribution in [1.29, 1.82) is 0 Å². The minimum atomic E-state index is -0.296. The first-order valence-corrected chi connectivity index (χ1v) is 7.66. The molecule has 5 nitrogen and oxygen atoms in total. The highest BCUT2D eigenvalue weighted by Gasteiger charge is 2.44. The van der Waals surface area contributed by atoms with Gasteiger partial charge in [0.25, 0.3) is 0 Å². The van der Waals surface area contributed by atoms with Gasteiger partial charge in [0.15, 0.2) is 5.79 Å². The Kier molecular flexibility index (Phi) is 4.15. The smallest absolute Gasteiger partial charge is 0.213 e. The summed E-state index contributed by atoms with van der Waals surface area (Å²) in [5.41, 5.74) is 1.12. The fourth-order valence-corrected chi connectivity index (χ4v) is 3.12. The molecular weight excluding hydrogens is 268 g/mol. The molecule has 0 bridgehead atoms. The lowest BCUT2D eigenvalue weighted by Gasteiger charge is -2.42. The SMILES string of the molecule is COc1cccc(CNC2(C)CCC3(CC2)OCCO3)n1. The molecule has 1 spiro atoms. The van der Waals surface area contributed by atoms with Crippen LogP contribution >= 0.6 is 0 Å². The zero-order valence-corrected chi connectivity index (χ0v) is 12.9. The number of rotatable bonds is 4. The van der Waals surface area contributed by atoms with Crippen LogP contribution in [0.15, 0.2) is 18.2 Å². The molecular formula is C16H24N2O3. The predicted molar refractivity (Wildman–Crippen MR) is 79.1 cm³/mol. The van der Waals surface area contributed by atoms with Crippen molar-refractivity contribution in [3.8, 4) is 5.88 Å². The quantitative estimate of drug-likeness (QED) is 0.922. The standard InChI is InChI=1S/C16H24N2O3/c1-15(6-8-16(9-7-15)20-10-11-21-16)17-12-13-4-3-5-14(18-13)19-2/h3-5,17H,6-12H2,1-2H3. The van der Waals surface area contributed by atoms with E-state index in [-0.39, 0.29) is 11.3 Å². The van der Waals surface area contributed by atoms with Gasteiger partial charge in [0, 0.05) is 31.0 Å². The van der Waals surface area contributed by atoms with E-state index in [0.717, 1.165) is 51.1 Å². The van der Waals surface area contributed by atoms with Crippen molar-refractivity contribution in [2.45, 2.75) is 50.5 Å². The van der Waals surface area contributed by atoms with E-state index in [0.29, 0.717) is 5.88 Å². The molecule has 1 aliphatic carbocycles. The van der Waals surface area contributed by atoms with Gasteiger partial charge in [-0.1, -0.05) is 6.07 Å². The third-order valence-electron chi connectivity index (χ3n) is 4.62. The molecule has 3 rings (SSSR count). The van der Waals surface area contributed by atoms with Crippen LogP contribution in [-0.2, 0) is 16.0 Å². The average molecular weight is 292 g/mol. The zero-order valence-electron chi connectivity index (χ0n) is 12.9. The number of nitrogens with zero attached hydrogens (tertiary/aromatic N) is 1. The van der Waals surface area contributed by atoms with Crippen LogP contribution in [0.25, 0.3) is 0 Å². The summed E-state index contributed by atoms with van der Waals surface area (Å²) < 4.78 is 16.7.